The number of para-hydroxylation sites is 1. The van der Waals surface area contributed by atoms with Crippen LogP contribution in [0.4, 0.5) is 5.69 Å². The second-order valence-corrected chi connectivity index (χ2v) is 9.90. The molecule has 1 heterocycles. The average Bonchev–Trinajstić information content (AvgIpc) is 2.70. The highest BCUT2D eigenvalue weighted by Gasteiger charge is 2.33. The smallest absolute Gasteiger partial charge is 0.250 e. The first-order valence-corrected chi connectivity index (χ1v) is 11.7. The summed E-state index contributed by atoms with van der Waals surface area (Å²) < 4.78 is 27.1. The molecule has 0 bridgehead atoms. The standard InChI is InChI=1S/C20H21Cl2N3O4S/c21-15-8-7-14(17(22)10-15)12-30(28,29)25-9-3-4-13(11-25)20(27)24-18-6-2-1-5-16(18)19(23)26/h1-2,5-8,10,13H,3-4,9,11-12H2,(H2,23,26)(H,24,27). The van der Waals surface area contributed by atoms with E-state index in [1.165, 1.54) is 16.4 Å². The van der Waals surface area contributed by atoms with Crippen LogP contribution in [0, 0.1) is 5.92 Å². The minimum absolute atomic E-state index is 0.0537. The van der Waals surface area contributed by atoms with Gasteiger partial charge >= 0.3 is 0 Å². The Labute approximate surface area is 185 Å². The second kappa shape index (κ2) is 9.34. The zero-order valence-corrected chi connectivity index (χ0v) is 18.3. The molecule has 3 N–H and O–H groups in total. The van der Waals surface area contributed by atoms with E-state index in [1.807, 2.05) is 0 Å². The number of nitrogens with two attached hydrogens (primary N) is 1. The maximum Gasteiger partial charge on any atom is 0.250 e. The summed E-state index contributed by atoms with van der Waals surface area (Å²) >= 11 is 12.0. The van der Waals surface area contributed by atoms with E-state index in [-0.39, 0.29) is 28.8 Å². The van der Waals surface area contributed by atoms with E-state index < -0.39 is 21.8 Å². The van der Waals surface area contributed by atoms with Crippen LogP contribution < -0.4 is 11.1 Å². The number of halogens is 2. The molecule has 2 aromatic carbocycles. The van der Waals surface area contributed by atoms with E-state index in [4.69, 9.17) is 28.9 Å². The Kier molecular flexibility index (Phi) is 7.02. The van der Waals surface area contributed by atoms with Gasteiger partial charge in [0.2, 0.25) is 15.9 Å². The van der Waals surface area contributed by atoms with E-state index in [0.29, 0.717) is 35.7 Å². The number of anilines is 1. The molecule has 10 heteroatoms. The van der Waals surface area contributed by atoms with Crippen molar-refractivity contribution in [2.24, 2.45) is 11.7 Å². The van der Waals surface area contributed by atoms with Gasteiger partial charge in [-0.25, -0.2) is 12.7 Å². The topological polar surface area (TPSA) is 110 Å². The Balaban J connectivity index is 1.71. The first-order chi connectivity index (χ1) is 14.2. The van der Waals surface area contributed by atoms with E-state index in [1.54, 1.807) is 30.3 Å². The highest BCUT2D eigenvalue weighted by atomic mass is 35.5. The molecule has 0 radical (unpaired) electrons. The molecule has 1 atom stereocenters. The lowest BCUT2D eigenvalue weighted by Gasteiger charge is -2.31. The maximum atomic E-state index is 12.9. The Morgan fingerprint density at radius 1 is 1.17 bits per heavy atom. The van der Waals surface area contributed by atoms with E-state index in [0.717, 1.165) is 0 Å². The van der Waals surface area contributed by atoms with Crippen LogP contribution in [-0.2, 0) is 20.6 Å². The van der Waals surface area contributed by atoms with E-state index in [9.17, 15) is 18.0 Å². The SMILES string of the molecule is NC(=O)c1ccccc1NC(=O)C1CCCN(S(=O)(=O)Cc2ccc(Cl)cc2Cl)C1. The van der Waals surface area contributed by atoms with Gasteiger partial charge in [0.1, 0.15) is 0 Å². The lowest BCUT2D eigenvalue weighted by molar-refractivity contribution is -0.120. The van der Waals surface area contributed by atoms with Crippen LogP contribution >= 0.6 is 23.2 Å². The highest BCUT2D eigenvalue weighted by Crippen LogP contribution is 2.27. The number of piperidine rings is 1. The molecule has 0 aliphatic carbocycles. The van der Waals surface area contributed by atoms with E-state index >= 15 is 0 Å². The van der Waals surface area contributed by atoms with Gasteiger partial charge < -0.3 is 11.1 Å². The van der Waals surface area contributed by atoms with Gasteiger partial charge in [0.25, 0.3) is 5.91 Å². The van der Waals surface area contributed by atoms with Crippen molar-refractivity contribution in [3.8, 4) is 0 Å². The molecule has 0 saturated carbocycles. The summed E-state index contributed by atoms with van der Waals surface area (Å²) in [5, 5.41) is 3.40. The molecular formula is C20H21Cl2N3O4S. The molecule has 1 aliphatic heterocycles. The van der Waals surface area contributed by atoms with E-state index in [2.05, 4.69) is 5.32 Å². The van der Waals surface area contributed by atoms with Crippen molar-refractivity contribution < 1.29 is 18.0 Å². The fourth-order valence-electron chi connectivity index (χ4n) is 3.38. The van der Waals surface area contributed by atoms with Gasteiger partial charge in [-0.15, -0.1) is 0 Å². The van der Waals surface area contributed by atoms with Crippen LogP contribution in [0.1, 0.15) is 28.8 Å². The van der Waals surface area contributed by atoms with Crippen molar-refractivity contribution in [1.29, 1.82) is 0 Å². The molecule has 2 amide bonds. The normalized spacial score (nSPS) is 17.5. The number of carbonyl (C=O) groups excluding carboxylic acids is 2. The number of carbonyl (C=O) groups is 2. The van der Waals surface area contributed by atoms with Crippen molar-refractivity contribution in [3.63, 3.8) is 0 Å². The number of hydrogen-bond donors (Lipinski definition) is 2. The third-order valence-corrected chi connectivity index (χ3v) is 7.33. The molecule has 2 aromatic rings. The summed E-state index contributed by atoms with van der Waals surface area (Å²) in [6.45, 7) is 0.382. The van der Waals surface area contributed by atoms with Gasteiger partial charge in [-0.1, -0.05) is 41.4 Å². The first kappa shape index (κ1) is 22.6. The van der Waals surface area contributed by atoms with Gasteiger partial charge in [-0.05, 0) is 42.7 Å². The zero-order chi connectivity index (χ0) is 21.9. The molecular weight excluding hydrogens is 449 g/mol. The summed E-state index contributed by atoms with van der Waals surface area (Å²) in [5.74, 6) is -1.83. The lowest BCUT2D eigenvalue weighted by atomic mass is 9.98. The fraction of sp³-hybridized carbons (Fsp3) is 0.300. The summed E-state index contributed by atoms with van der Waals surface area (Å²) in [4.78, 5) is 24.3. The monoisotopic (exact) mass is 469 g/mol. The van der Waals surface area contributed by atoms with Gasteiger partial charge in [0.15, 0.2) is 0 Å². The van der Waals surface area contributed by atoms with Crippen LogP contribution in [0.15, 0.2) is 42.5 Å². The third kappa shape index (κ3) is 5.31. The number of benzene rings is 2. The molecule has 1 saturated heterocycles. The maximum absolute atomic E-state index is 12.9. The van der Waals surface area contributed by atoms with Gasteiger partial charge in [0.05, 0.1) is 22.9 Å². The van der Waals surface area contributed by atoms with Crippen molar-refractivity contribution in [1.82, 2.24) is 4.31 Å². The van der Waals surface area contributed by atoms with Crippen molar-refractivity contribution in [3.05, 3.63) is 63.6 Å². The van der Waals surface area contributed by atoms with Gasteiger partial charge in [0, 0.05) is 23.1 Å². The first-order valence-electron chi connectivity index (χ1n) is 9.29. The van der Waals surface area contributed by atoms with Crippen molar-refractivity contribution >= 4 is 50.7 Å². The molecule has 3 rings (SSSR count). The molecule has 1 unspecified atom stereocenters. The van der Waals surface area contributed by atoms with Crippen molar-refractivity contribution in [2.45, 2.75) is 18.6 Å². The Morgan fingerprint density at radius 2 is 1.90 bits per heavy atom. The Morgan fingerprint density at radius 3 is 2.60 bits per heavy atom. The van der Waals surface area contributed by atoms with Crippen LogP contribution in [0.2, 0.25) is 10.0 Å². The van der Waals surface area contributed by atoms with Crippen LogP contribution in [-0.4, -0.2) is 37.6 Å². The third-order valence-electron chi connectivity index (χ3n) is 4.95. The minimum atomic E-state index is -3.68. The number of rotatable bonds is 6. The largest absolute Gasteiger partial charge is 0.366 e. The Bertz CT molecular complexity index is 1080. The molecule has 0 spiro atoms. The summed E-state index contributed by atoms with van der Waals surface area (Å²) in [5.41, 5.74) is 6.30. The molecule has 1 aliphatic rings. The average molecular weight is 470 g/mol. The summed E-state index contributed by atoms with van der Waals surface area (Å²) in [6.07, 6.45) is 1.08. The Hall–Kier alpha value is -2.13. The molecule has 160 valence electrons. The number of nitrogens with zero attached hydrogens (tertiary/aromatic N) is 1. The number of primary amides is 1. The predicted molar refractivity (Wildman–Crippen MR) is 117 cm³/mol. The number of nitrogens with one attached hydrogen (secondary N) is 1. The molecule has 1 fully saturated rings. The van der Waals surface area contributed by atoms with Gasteiger partial charge in [-0.3, -0.25) is 9.59 Å². The number of hydrogen-bond acceptors (Lipinski definition) is 4. The highest BCUT2D eigenvalue weighted by molar-refractivity contribution is 7.88. The quantitative estimate of drug-likeness (QED) is 0.675. The van der Waals surface area contributed by atoms with Crippen LogP contribution in [0.25, 0.3) is 0 Å². The molecule has 7 nitrogen and oxygen atoms in total. The summed E-state index contributed by atoms with van der Waals surface area (Å²) in [6, 6.07) is 11.1. The lowest BCUT2D eigenvalue weighted by Crippen LogP contribution is -2.44. The summed E-state index contributed by atoms with van der Waals surface area (Å²) in [7, 11) is -3.68. The van der Waals surface area contributed by atoms with Crippen molar-refractivity contribution in [2.75, 3.05) is 18.4 Å². The zero-order valence-electron chi connectivity index (χ0n) is 16.0. The minimum Gasteiger partial charge on any atom is -0.366 e. The second-order valence-electron chi connectivity index (χ2n) is 7.09. The van der Waals surface area contributed by atoms with Crippen LogP contribution in [0.5, 0.6) is 0 Å². The molecule has 0 aromatic heterocycles. The number of amides is 2. The van der Waals surface area contributed by atoms with Crippen LogP contribution in [0.3, 0.4) is 0 Å². The number of sulfonamides is 1. The van der Waals surface area contributed by atoms with Gasteiger partial charge in [-0.2, -0.15) is 0 Å². The predicted octanol–water partition coefficient (Wildman–Crippen LogP) is 3.27. The molecule has 30 heavy (non-hydrogen) atoms. The fourth-order valence-corrected chi connectivity index (χ4v) is 5.57.